The number of carboxylic acid groups (broad SMARTS) is 1. The SMILES string of the molecule is CC(C)(C)[O-].O=C(O)Nc1cscn1.[K+]. The Kier molecular flexibility index (Phi) is 10.3. The Bertz CT molecular complexity index is 266. The molecule has 0 radical (unpaired) electrons. The van der Waals surface area contributed by atoms with Crippen molar-refractivity contribution in [2.45, 2.75) is 26.4 Å². The Labute approximate surface area is 135 Å². The molecule has 0 spiro atoms. The smallest absolute Gasteiger partial charge is 0.850 e. The molecule has 0 unspecified atom stereocenters. The number of amides is 1. The van der Waals surface area contributed by atoms with Gasteiger partial charge in [-0.3, -0.25) is 5.32 Å². The number of aromatic nitrogens is 1. The molecule has 1 aromatic heterocycles. The molecule has 0 bridgehead atoms. The summed E-state index contributed by atoms with van der Waals surface area (Å²) in [5.74, 6) is 0.382. The van der Waals surface area contributed by atoms with Gasteiger partial charge in [-0.15, -0.1) is 16.9 Å². The van der Waals surface area contributed by atoms with Crippen molar-refractivity contribution in [1.82, 2.24) is 4.98 Å². The van der Waals surface area contributed by atoms with Gasteiger partial charge in [-0.25, -0.2) is 9.78 Å². The first kappa shape index (κ1) is 17.9. The zero-order valence-corrected chi connectivity index (χ0v) is 13.2. The summed E-state index contributed by atoms with van der Waals surface area (Å²) in [6.07, 6.45) is -1.08. The number of carbonyl (C=O) groups is 1. The second-order valence-corrected chi connectivity index (χ2v) is 4.13. The molecule has 0 saturated heterocycles. The summed E-state index contributed by atoms with van der Waals surface area (Å²) in [7, 11) is 0. The molecular formula is C8H13KN2O3S. The van der Waals surface area contributed by atoms with Crippen LogP contribution in [0.5, 0.6) is 0 Å². The number of anilines is 1. The molecule has 15 heavy (non-hydrogen) atoms. The average Bonchev–Trinajstić information content (AvgIpc) is 2.33. The quantitative estimate of drug-likeness (QED) is 0.592. The minimum absolute atomic E-state index is 0. The van der Waals surface area contributed by atoms with Gasteiger partial charge in [0.05, 0.1) is 5.51 Å². The van der Waals surface area contributed by atoms with Crippen molar-refractivity contribution in [3.05, 3.63) is 10.9 Å². The molecule has 80 valence electrons. The summed E-state index contributed by atoms with van der Waals surface area (Å²) in [5, 5.41) is 22.0. The van der Waals surface area contributed by atoms with E-state index in [0.29, 0.717) is 5.82 Å². The third-order valence-corrected chi connectivity index (χ3v) is 1.25. The topological polar surface area (TPSA) is 85.3 Å². The summed E-state index contributed by atoms with van der Waals surface area (Å²) < 4.78 is 0. The van der Waals surface area contributed by atoms with E-state index in [1.54, 1.807) is 31.7 Å². The number of hydrogen-bond donors (Lipinski definition) is 2. The van der Waals surface area contributed by atoms with Crippen LogP contribution in [-0.2, 0) is 0 Å². The maximum Gasteiger partial charge on any atom is 1.00 e. The molecule has 7 heteroatoms. The van der Waals surface area contributed by atoms with E-state index < -0.39 is 11.7 Å². The Hall–Kier alpha value is 0.496. The third kappa shape index (κ3) is 17.1. The van der Waals surface area contributed by atoms with Crippen LogP contribution in [0.3, 0.4) is 0 Å². The molecule has 0 aliphatic rings. The van der Waals surface area contributed by atoms with Crippen LogP contribution in [0.2, 0.25) is 0 Å². The van der Waals surface area contributed by atoms with Gasteiger partial charge in [0.15, 0.2) is 0 Å². The van der Waals surface area contributed by atoms with E-state index >= 15 is 0 Å². The molecule has 1 amide bonds. The molecule has 2 N–H and O–H groups in total. The van der Waals surface area contributed by atoms with Gasteiger partial charge in [-0.1, -0.05) is 20.8 Å². The van der Waals surface area contributed by atoms with Crippen LogP contribution in [0.1, 0.15) is 20.8 Å². The van der Waals surface area contributed by atoms with Crippen LogP contribution >= 0.6 is 11.3 Å². The van der Waals surface area contributed by atoms with Gasteiger partial charge in [0, 0.05) is 5.38 Å². The van der Waals surface area contributed by atoms with Gasteiger partial charge in [0.1, 0.15) is 5.82 Å². The first-order chi connectivity index (χ1) is 6.29. The second kappa shape index (κ2) is 8.63. The fourth-order valence-corrected chi connectivity index (χ4v) is 0.868. The molecule has 0 atom stereocenters. The maximum atomic E-state index is 10.1. The normalized spacial score (nSPS) is 9.33. The minimum Gasteiger partial charge on any atom is -0.850 e. The zero-order valence-electron chi connectivity index (χ0n) is 9.27. The van der Waals surface area contributed by atoms with Crippen molar-refractivity contribution in [3.63, 3.8) is 0 Å². The molecule has 5 nitrogen and oxygen atoms in total. The van der Waals surface area contributed by atoms with Crippen LogP contribution < -0.4 is 61.8 Å². The van der Waals surface area contributed by atoms with Crippen molar-refractivity contribution in [2.24, 2.45) is 0 Å². The van der Waals surface area contributed by atoms with Crippen molar-refractivity contribution >= 4 is 23.2 Å². The standard InChI is InChI=1S/C4H4N2O2S.C4H9O.K/c7-4(8)6-3-1-9-2-5-3;1-4(2,3)5;/h1-2,6H,(H,7,8);1-3H3;/q;-1;+1. The first-order valence-electron chi connectivity index (χ1n) is 3.87. The number of rotatable bonds is 1. The fraction of sp³-hybridized carbons (Fsp3) is 0.500. The number of nitrogens with zero attached hydrogens (tertiary/aromatic N) is 1. The summed E-state index contributed by atoms with van der Waals surface area (Å²) >= 11 is 1.34. The Morgan fingerprint density at radius 3 is 2.33 bits per heavy atom. The predicted molar refractivity (Wildman–Crippen MR) is 53.5 cm³/mol. The van der Waals surface area contributed by atoms with Crippen LogP contribution in [-0.4, -0.2) is 21.8 Å². The Morgan fingerprint density at radius 1 is 1.60 bits per heavy atom. The number of hydrogen-bond acceptors (Lipinski definition) is 4. The summed E-state index contributed by atoms with van der Waals surface area (Å²) in [5.41, 5.74) is 0.811. The summed E-state index contributed by atoms with van der Waals surface area (Å²) in [4.78, 5) is 13.6. The summed E-state index contributed by atoms with van der Waals surface area (Å²) in [6.45, 7) is 4.90. The van der Waals surface area contributed by atoms with E-state index in [2.05, 4.69) is 10.3 Å². The van der Waals surface area contributed by atoms with Crippen LogP contribution in [0.15, 0.2) is 10.9 Å². The fourth-order valence-electron chi connectivity index (χ4n) is 0.384. The molecule has 0 aliphatic heterocycles. The summed E-state index contributed by atoms with van der Waals surface area (Å²) in [6, 6.07) is 0. The molecule has 0 aliphatic carbocycles. The molecule has 0 aromatic carbocycles. The van der Waals surface area contributed by atoms with Gasteiger partial charge in [-0.05, 0) is 0 Å². The number of thiazole rings is 1. The van der Waals surface area contributed by atoms with Gasteiger partial charge in [0.2, 0.25) is 0 Å². The Morgan fingerprint density at radius 2 is 2.07 bits per heavy atom. The first-order valence-corrected chi connectivity index (χ1v) is 4.82. The Balaban J connectivity index is 0. The molecule has 1 heterocycles. The maximum absolute atomic E-state index is 10.1. The molecule has 0 fully saturated rings. The molecule has 1 rings (SSSR count). The van der Waals surface area contributed by atoms with Crippen LogP contribution in [0.25, 0.3) is 0 Å². The zero-order chi connectivity index (χ0) is 11.2. The van der Waals surface area contributed by atoms with Gasteiger partial charge in [0.25, 0.3) is 0 Å². The molecule has 0 saturated carbocycles. The van der Waals surface area contributed by atoms with Gasteiger partial charge >= 0.3 is 57.5 Å². The van der Waals surface area contributed by atoms with E-state index in [4.69, 9.17) is 5.11 Å². The predicted octanol–water partition coefficient (Wildman–Crippen LogP) is -1.62. The van der Waals surface area contributed by atoms with E-state index in [1.165, 1.54) is 11.3 Å². The van der Waals surface area contributed by atoms with Crippen molar-refractivity contribution in [3.8, 4) is 0 Å². The van der Waals surface area contributed by atoms with E-state index in [1.807, 2.05) is 0 Å². The number of nitrogens with one attached hydrogen (secondary N) is 1. The van der Waals surface area contributed by atoms with E-state index in [0.717, 1.165) is 0 Å². The molecule has 1 aromatic rings. The third-order valence-electron chi connectivity index (χ3n) is 0.667. The monoisotopic (exact) mass is 256 g/mol. The van der Waals surface area contributed by atoms with Crippen molar-refractivity contribution in [2.75, 3.05) is 5.32 Å². The van der Waals surface area contributed by atoms with Gasteiger partial charge in [-0.2, -0.15) is 0 Å². The van der Waals surface area contributed by atoms with Crippen LogP contribution in [0.4, 0.5) is 10.6 Å². The average molecular weight is 256 g/mol. The minimum atomic E-state index is -1.08. The van der Waals surface area contributed by atoms with Crippen molar-refractivity contribution < 1.29 is 66.4 Å². The second-order valence-electron chi connectivity index (χ2n) is 3.42. The van der Waals surface area contributed by atoms with E-state index in [9.17, 15) is 9.90 Å². The van der Waals surface area contributed by atoms with Crippen molar-refractivity contribution in [1.29, 1.82) is 0 Å². The van der Waals surface area contributed by atoms with Crippen LogP contribution in [0, 0.1) is 0 Å². The largest absolute Gasteiger partial charge is 1.00 e. The van der Waals surface area contributed by atoms with E-state index in [-0.39, 0.29) is 51.4 Å². The van der Waals surface area contributed by atoms with Gasteiger partial charge < -0.3 is 10.2 Å². The molecular weight excluding hydrogens is 243 g/mol.